The minimum absolute atomic E-state index is 0.226. The van der Waals surface area contributed by atoms with E-state index in [2.05, 4.69) is 21.7 Å². The maximum Gasteiger partial charge on any atom is 0.178 e. The molecule has 0 saturated carbocycles. The first-order chi connectivity index (χ1) is 4.20. The molecular weight excluding hydrogens is 182 g/mol. The van der Waals surface area contributed by atoms with Crippen LogP contribution in [0.4, 0.5) is 5.69 Å². The summed E-state index contributed by atoms with van der Waals surface area (Å²) in [7, 11) is 0. The van der Waals surface area contributed by atoms with Crippen LogP contribution < -0.4 is 5.73 Å². The predicted molar refractivity (Wildman–Crippen MR) is 38.4 cm³/mol. The highest BCUT2D eigenvalue weighted by Crippen LogP contribution is 2.22. The molecule has 1 aromatic carbocycles. The summed E-state index contributed by atoms with van der Waals surface area (Å²) in [5.74, 6) is 0.226. The standard InChI is InChI=1S/C6H6BrNO/c7-4-1-2-5(8)6(9)3-4/h1-3,9H,8H2/p+1. The number of hydrogen-bond acceptors (Lipinski definition) is 1. The summed E-state index contributed by atoms with van der Waals surface area (Å²) < 4.78 is 0.868. The van der Waals surface area contributed by atoms with Gasteiger partial charge in [0, 0.05) is 16.6 Å². The highest BCUT2D eigenvalue weighted by Gasteiger charge is 1.97. The van der Waals surface area contributed by atoms with Crippen molar-refractivity contribution in [1.29, 1.82) is 0 Å². The molecule has 0 fully saturated rings. The van der Waals surface area contributed by atoms with E-state index in [4.69, 9.17) is 5.11 Å². The number of aromatic hydroxyl groups is 1. The van der Waals surface area contributed by atoms with E-state index in [1.807, 2.05) is 6.07 Å². The van der Waals surface area contributed by atoms with Crippen LogP contribution in [0.25, 0.3) is 0 Å². The van der Waals surface area contributed by atoms with Crippen LogP contribution in [0.3, 0.4) is 0 Å². The van der Waals surface area contributed by atoms with E-state index < -0.39 is 0 Å². The molecule has 0 amide bonds. The van der Waals surface area contributed by atoms with Crippen molar-refractivity contribution < 1.29 is 10.8 Å². The van der Waals surface area contributed by atoms with Crippen molar-refractivity contribution in [3.63, 3.8) is 0 Å². The monoisotopic (exact) mass is 188 g/mol. The minimum Gasteiger partial charge on any atom is -0.503 e. The first-order valence-corrected chi connectivity index (χ1v) is 3.30. The van der Waals surface area contributed by atoms with Crippen molar-refractivity contribution in [1.82, 2.24) is 0 Å². The zero-order chi connectivity index (χ0) is 6.85. The zero-order valence-corrected chi connectivity index (χ0v) is 6.35. The van der Waals surface area contributed by atoms with Crippen LogP contribution >= 0.6 is 15.9 Å². The number of phenolic OH excluding ortho intramolecular Hbond substituents is 1. The first kappa shape index (κ1) is 6.58. The molecule has 0 saturated heterocycles. The van der Waals surface area contributed by atoms with Gasteiger partial charge in [-0.3, -0.25) is 0 Å². The van der Waals surface area contributed by atoms with Gasteiger partial charge in [-0.05, 0) is 6.07 Å². The van der Waals surface area contributed by atoms with Gasteiger partial charge in [0.2, 0.25) is 0 Å². The molecule has 1 aromatic rings. The van der Waals surface area contributed by atoms with Crippen LogP contribution in [-0.2, 0) is 0 Å². The van der Waals surface area contributed by atoms with Crippen LogP contribution in [-0.4, -0.2) is 5.11 Å². The highest BCUT2D eigenvalue weighted by atomic mass is 79.9. The number of benzene rings is 1. The number of quaternary nitrogens is 1. The van der Waals surface area contributed by atoms with Gasteiger partial charge >= 0.3 is 0 Å². The molecule has 0 atom stereocenters. The van der Waals surface area contributed by atoms with Gasteiger partial charge in [0.1, 0.15) is 0 Å². The molecule has 3 heteroatoms. The smallest absolute Gasteiger partial charge is 0.178 e. The normalized spacial score (nSPS) is 9.56. The Bertz CT molecular complexity index is 224. The van der Waals surface area contributed by atoms with Gasteiger partial charge in [-0.25, -0.2) is 0 Å². The SMILES string of the molecule is [NH3+]c1ccc(Br)cc1O. The lowest BCUT2D eigenvalue weighted by molar-refractivity contribution is -0.256. The van der Waals surface area contributed by atoms with Gasteiger partial charge in [-0.2, -0.15) is 0 Å². The summed E-state index contributed by atoms with van der Waals surface area (Å²) in [6, 6.07) is 5.20. The van der Waals surface area contributed by atoms with E-state index in [1.54, 1.807) is 12.1 Å². The molecular formula is C6H7BrNO+. The second-order valence-corrected chi connectivity index (χ2v) is 2.69. The molecule has 0 spiro atoms. The van der Waals surface area contributed by atoms with Gasteiger partial charge in [0.25, 0.3) is 0 Å². The maximum absolute atomic E-state index is 9.01. The van der Waals surface area contributed by atoms with Crippen LogP contribution in [0.15, 0.2) is 22.7 Å². The van der Waals surface area contributed by atoms with Crippen LogP contribution in [0.2, 0.25) is 0 Å². The summed E-state index contributed by atoms with van der Waals surface area (Å²) in [6.45, 7) is 0. The molecule has 2 nitrogen and oxygen atoms in total. The van der Waals surface area contributed by atoms with Gasteiger partial charge in [-0.1, -0.05) is 15.9 Å². The summed E-state index contributed by atoms with van der Waals surface area (Å²) in [4.78, 5) is 0. The summed E-state index contributed by atoms with van der Waals surface area (Å²) >= 11 is 3.21. The zero-order valence-electron chi connectivity index (χ0n) is 4.76. The second-order valence-electron chi connectivity index (χ2n) is 1.77. The Hall–Kier alpha value is -0.540. The van der Waals surface area contributed by atoms with E-state index in [-0.39, 0.29) is 5.75 Å². The van der Waals surface area contributed by atoms with Crippen LogP contribution in [0.1, 0.15) is 0 Å². The fourth-order valence-electron chi connectivity index (χ4n) is 0.537. The topological polar surface area (TPSA) is 47.9 Å². The summed E-state index contributed by atoms with van der Waals surface area (Å²) in [5, 5.41) is 9.01. The number of halogens is 1. The van der Waals surface area contributed by atoms with Gasteiger partial charge in [-0.15, -0.1) is 0 Å². The number of phenols is 1. The molecule has 0 heterocycles. The molecule has 1 rings (SSSR count). The third kappa shape index (κ3) is 1.43. The highest BCUT2D eigenvalue weighted by molar-refractivity contribution is 9.10. The molecule has 0 aliphatic carbocycles. The van der Waals surface area contributed by atoms with Crippen molar-refractivity contribution in [2.24, 2.45) is 0 Å². The Morgan fingerprint density at radius 1 is 1.44 bits per heavy atom. The van der Waals surface area contributed by atoms with Crippen molar-refractivity contribution in [3.05, 3.63) is 22.7 Å². The van der Waals surface area contributed by atoms with E-state index in [0.29, 0.717) is 5.69 Å². The van der Waals surface area contributed by atoms with Crippen molar-refractivity contribution in [2.45, 2.75) is 0 Å². The van der Waals surface area contributed by atoms with E-state index >= 15 is 0 Å². The lowest BCUT2D eigenvalue weighted by Gasteiger charge is -1.92. The Morgan fingerprint density at radius 2 is 2.11 bits per heavy atom. The molecule has 0 bridgehead atoms. The minimum atomic E-state index is 0.226. The van der Waals surface area contributed by atoms with E-state index in [9.17, 15) is 0 Å². The van der Waals surface area contributed by atoms with Gasteiger partial charge in [0.05, 0.1) is 0 Å². The van der Waals surface area contributed by atoms with Gasteiger partial charge in [0.15, 0.2) is 11.4 Å². The fraction of sp³-hybridized carbons (Fsp3) is 0. The lowest BCUT2D eigenvalue weighted by atomic mass is 10.3. The van der Waals surface area contributed by atoms with Crippen LogP contribution in [0, 0.1) is 0 Å². The third-order valence-electron chi connectivity index (χ3n) is 1.05. The molecule has 0 aromatic heterocycles. The van der Waals surface area contributed by atoms with E-state index in [0.717, 1.165) is 4.47 Å². The number of hydrogen-bond donors (Lipinski definition) is 2. The third-order valence-corrected chi connectivity index (χ3v) is 1.54. The van der Waals surface area contributed by atoms with Crippen molar-refractivity contribution in [3.8, 4) is 5.75 Å². The van der Waals surface area contributed by atoms with E-state index in [1.165, 1.54) is 0 Å². The Kier molecular flexibility index (Phi) is 1.73. The lowest BCUT2D eigenvalue weighted by Crippen LogP contribution is -2.40. The summed E-state index contributed by atoms with van der Waals surface area (Å²) in [6.07, 6.45) is 0. The predicted octanol–water partition coefficient (Wildman–Crippen LogP) is 1.03. The second kappa shape index (κ2) is 2.37. The molecule has 4 N–H and O–H groups in total. The Balaban J connectivity index is 3.17. The molecule has 0 radical (unpaired) electrons. The molecule has 48 valence electrons. The van der Waals surface area contributed by atoms with Crippen LogP contribution in [0.5, 0.6) is 5.75 Å². The molecule has 9 heavy (non-hydrogen) atoms. The maximum atomic E-state index is 9.01. The largest absolute Gasteiger partial charge is 0.503 e. The first-order valence-electron chi connectivity index (χ1n) is 2.50. The molecule has 0 aliphatic rings. The van der Waals surface area contributed by atoms with Crippen molar-refractivity contribution >= 4 is 21.6 Å². The quantitative estimate of drug-likeness (QED) is 0.628. The molecule has 0 unspecified atom stereocenters. The van der Waals surface area contributed by atoms with Crippen molar-refractivity contribution in [2.75, 3.05) is 0 Å². The fourth-order valence-corrected chi connectivity index (χ4v) is 0.886. The average molecular weight is 189 g/mol. The average Bonchev–Trinajstić information content (AvgIpc) is 1.80. The Morgan fingerprint density at radius 3 is 2.56 bits per heavy atom. The molecule has 0 aliphatic heterocycles. The van der Waals surface area contributed by atoms with Gasteiger partial charge < -0.3 is 10.8 Å². The Labute approximate surface area is 61.4 Å². The summed E-state index contributed by atoms with van der Waals surface area (Å²) in [5.41, 5.74) is 4.24. The number of rotatable bonds is 0.